The van der Waals surface area contributed by atoms with Gasteiger partial charge in [0.05, 0.1) is 0 Å². The second-order valence-electron chi connectivity index (χ2n) is 14.2. The summed E-state index contributed by atoms with van der Waals surface area (Å²) in [5.41, 5.74) is 13.1. The first-order valence-corrected chi connectivity index (χ1v) is 19.2. The lowest BCUT2D eigenvalue weighted by atomic mass is 9.93. The Bertz CT molecular complexity index is 3210. The van der Waals surface area contributed by atoms with E-state index in [1.54, 1.807) is 0 Å². The highest BCUT2D eigenvalue weighted by molar-refractivity contribution is 6.10. The van der Waals surface area contributed by atoms with Crippen LogP contribution in [0.2, 0.25) is 0 Å². The van der Waals surface area contributed by atoms with E-state index in [4.69, 9.17) is 28.8 Å². The van der Waals surface area contributed by atoms with E-state index in [-0.39, 0.29) is 0 Å². The lowest BCUT2D eigenvalue weighted by Crippen LogP contribution is -2.00. The lowest BCUT2D eigenvalue weighted by Gasteiger charge is -2.12. The molecule has 0 atom stereocenters. The second-order valence-corrected chi connectivity index (χ2v) is 14.2. The summed E-state index contributed by atoms with van der Waals surface area (Å²) in [4.78, 5) is 19.7. The third-order valence-corrected chi connectivity index (χ3v) is 10.6. The van der Waals surface area contributed by atoms with Crippen molar-refractivity contribution in [3.05, 3.63) is 194 Å². The highest BCUT2D eigenvalue weighted by atomic mass is 16.3. The summed E-state index contributed by atoms with van der Waals surface area (Å²) in [5, 5.41) is 2.03. The maximum Gasteiger partial charge on any atom is 0.227 e. The molecule has 58 heavy (non-hydrogen) atoms. The van der Waals surface area contributed by atoms with Gasteiger partial charge in [-0.1, -0.05) is 158 Å². The molecule has 6 heteroatoms. The molecular weight excluding hydrogens is 713 g/mol. The molecule has 0 radical (unpaired) electrons. The quantitative estimate of drug-likeness (QED) is 0.162. The van der Waals surface area contributed by atoms with Crippen molar-refractivity contribution in [1.29, 1.82) is 0 Å². The summed E-state index contributed by atoms with van der Waals surface area (Å²) in [6.07, 6.45) is 0. The molecule has 0 spiro atoms. The first kappa shape index (κ1) is 33.4. The van der Waals surface area contributed by atoms with Crippen molar-refractivity contribution in [3.8, 4) is 79.0 Å². The number of hydrogen-bond donors (Lipinski definition) is 0. The molecule has 6 nitrogen and oxygen atoms in total. The molecule has 11 rings (SSSR count). The second kappa shape index (κ2) is 14.0. The Hall–Kier alpha value is -7.96. The number of benzene rings is 8. The van der Waals surface area contributed by atoms with Crippen LogP contribution in [0, 0.1) is 0 Å². The van der Waals surface area contributed by atoms with Gasteiger partial charge in [0.15, 0.2) is 23.1 Å². The van der Waals surface area contributed by atoms with Crippen LogP contribution in [0.5, 0.6) is 0 Å². The first-order chi connectivity index (χ1) is 28.7. The predicted molar refractivity (Wildman–Crippen MR) is 233 cm³/mol. The molecule has 272 valence electrons. The Balaban J connectivity index is 0.975. The minimum Gasteiger partial charge on any atom is -0.455 e. The van der Waals surface area contributed by atoms with Gasteiger partial charge in [-0.3, -0.25) is 0 Å². The third kappa shape index (κ3) is 6.01. The highest BCUT2D eigenvalue weighted by Gasteiger charge is 2.18. The molecule has 0 aliphatic heterocycles. The normalized spacial score (nSPS) is 11.4. The minimum absolute atomic E-state index is 0.572. The number of oxazole rings is 1. The molecule has 8 aromatic carbocycles. The lowest BCUT2D eigenvalue weighted by molar-refractivity contribution is 0.620. The molecule has 0 amide bonds. The summed E-state index contributed by atoms with van der Waals surface area (Å²) in [6, 6.07) is 65.9. The molecule has 3 aromatic heterocycles. The van der Waals surface area contributed by atoms with Crippen molar-refractivity contribution in [2.24, 2.45) is 0 Å². The Morgan fingerprint density at radius 1 is 0.293 bits per heavy atom. The van der Waals surface area contributed by atoms with E-state index in [1.807, 2.05) is 84.9 Å². The van der Waals surface area contributed by atoms with E-state index < -0.39 is 0 Å². The van der Waals surface area contributed by atoms with Gasteiger partial charge < -0.3 is 8.83 Å². The summed E-state index contributed by atoms with van der Waals surface area (Å²) in [7, 11) is 0. The fourth-order valence-corrected chi connectivity index (χ4v) is 7.72. The zero-order valence-corrected chi connectivity index (χ0v) is 31.1. The maximum absolute atomic E-state index is 6.70. The molecule has 0 aliphatic carbocycles. The number of nitrogens with zero attached hydrogens (tertiary/aromatic N) is 4. The number of furan rings is 1. The van der Waals surface area contributed by atoms with Crippen LogP contribution in [0.1, 0.15) is 0 Å². The summed E-state index contributed by atoms with van der Waals surface area (Å²) in [6.45, 7) is 0. The number of para-hydroxylation sites is 1. The Morgan fingerprint density at radius 3 is 1.50 bits per heavy atom. The van der Waals surface area contributed by atoms with E-state index in [2.05, 4.69) is 109 Å². The van der Waals surface area contributed by atoms with E-state index >= 15 is 0 Å². The van der Waals surface area contributed by atoms with E-state index in [0.717, 1.165) is 83.1 Å². The number of hydrogen-bond acceptors (Lipinski definition) is 6. The summed E-state index contributed by atoms with van der Waals surface area (Å²) >= 11 is 0. The van der Waals surface area contributed by atoms with Crippen molar-refractivity contribution in [3.63, 3.8) is 0 Å². The number of fused-ring (bicyclic) bond motifs is 4. The predicted octanol–water partition coefficient (Wildman–Crippen LogP) is 13.6. The van der Waals surface area contributed by atoms with E-state index in [1.165, 1.54) is 0 Å². The van der Waals surface area contributed by atoms with Gasteiger partial charge >= 0.3 is 0 Å². The molecule has 0 bridgehead atoms. The zero-order chi connectivity index (χ0) is 38.4. The molecule has 0 saturated heterocycles. The fourth-order valence-electron chi connectivity index (χ4n) is 7.72. The molecule has 11 aromatic rings. The van der Waals surface area contributed by atoms with E-state index in [0.29, 0.717) is 28.9 Å². The summed E-state index contributed by atoms with van der Waals surface area (Å²) < 4.78 is 13.2. The number of aromatic nitrogens is 4. The zero-order valence-electron chi connectivity index (χ0n) is 31.1. The fraction of sp³-hybridized carbons (Fsp3) is 0. The van der Waals surface area contributed by atoms with Crippen LogP contribution in [0.4, 0.5) is 0 Å². The van der Waals surface area contributed by atoms with Gasteiger partial charge in [-0.2, -0.15) is 0 Å². The van der Waals surface area contributed by atoms with Gasteiger partial charge in [0, 0.05) is 38.6 Å². The third-order valence-electron chi connectivity index (χ3n) is 10.6. The van der Waals surface area contributed by atoms with Gasteiger partial charge in [-0.05, 0) is 64.2 Å². The largest absolute Gasteiger partial charge is 0.455 e. The van der Waals surface area contributed by atoms with Crippen LogP contribution in [0.15, 0.2) is 203 Å². The maximum atomic E-state index is 6.70. The Labute approximate surface area is 333 Å². The average molecular weight is 745 g/mol. The van der Waals surface area contributed by atoms with Crippen LogP contribution in [-0.2, 0) is 0 Å². The van der Waals surface area contributed by atoms with E-state index in [9.17, 15) is 0 Å². The first-order valence-electron chi connectivity index (χ1n) is 19.2. The van der Waals surface area contributed by atoms with Gasteiger partial charge in [-0.25, -0.2) is 19.9 Å². The molecule has 0 unspecified atom stereocenters. The number of rotatable bonds is 7. The van der Waals surface area contributed by atoms with Crippen LogP contribution < -0.4 is 0 Å². The molecule has 0 aliphatic rings. The molecule has 3 heterocycles. The average Bonchev–Trinajstić information content (AvgIpc) is 3.91. The van der Waals surface area contributed by atoms with Crippen LogP contribution in [0.25, 0.3) is 112 Å². The van der Waals surface area contributed by atoms with Crippen molar-refractivity contribution in [2.75, 3.05) is 0 Å². The van der Waals surface area contributed by atoms with Crippen molar-refractivity contribution < 1.29 is 8.83 Å². The van der Waals surface area contributed by atoms with Gasteiger partial charge in [0.1, 0.15) is 16.7 Å². The molecule has 0 saturated carbocycles. The van der Waals surface area contributed by atoms with Crippen molar-refractivity contribution in [1.82, 2.24) is 19.9 Å². The topological polar surface area (TPSA) is 77.8 Å². The monoisotopic (exact) mass is 744 g/mol. The van der Waals surface area contributed by atoms with Gasteiger partial charge in [0.2, 0.25) is 5.89 Å². The van der Waals surface area contributed by atoms with Crippen molar-refractivity contribution >= 4 is 33.0 Å². The van der Waals surface area contributed by atoms with Gasteiger partial charge in [-0.15, -0.1) is 0 Å². The van der Waals surface area contributed by atoms with Crippen LogP contribution >= 0.6 is 0 Å². The molecule has 0 N–H and O–H groups in total. The SMILES string of the molecule is c1ccc(-c2nc(-c3ccccc3)nc(-c3ccc4c(c3)oc3c(-c5ccc6nc(-c7ccc(-c8ccccc8)c(-c8ccccc8)c7)oc6c5)cccc34)n2)cc1. The highest BCUT2D eigenvalue weighted by Crippen LogP contribution is 2.40. The van der Waals surface area contributed by atoms with Crippen LogP contribution in [0.3, 0.4) is 0 Å². The summed E-state index contributed by atoms with van der Waals surface area (Å²) in [5.74, 6) is 2.38. The van der Waals surface area contributed by atoms with Crippen LogP contribution in [-0.4, -0.2) is 19.9 Å². The molecule has 0 fully saturated rings. The smallest absolute Gasteiger partial charge is 0.227 e. The van der Waals surface area contributed by atoms with Gasteiger partial charge in [0.25, 0.3) is 0 Å². The minimum atomic E-state index is 0.572. The molecular formula is C52H32N4O2. The van der Waals surface area contributed by atoms with Crippen molar-refractivity contribution in [2.45, 2.75) is 0 Å². The Kier molecular flexibility index (Phi) is 8.04. The standard InChI is InChI=1S/C52H32N4O2/c1-5-14-33(15-6-1)40-27-25-39(30-44(40)34-16-7-2-8-17-34)52-53-45-29-26-37(31-47(45)58-52)41-22-13-23-43-42-28-24-38(32-46(42)57-48(41)43)51-55-49(35-18-9-3-10-19-35)54-50(56-51)36-20-11-4-12-21-36/h1-32H. The Morgan fingerprint density at radius 2 is 0.845 bits per heavy atom.